The summed E-state index contributed by atoms with van der Waals surface area (Å²) in [6.07, 6.45) is 1.71. The van der Waals surface area contributed by atoms with E-state index < -0.39 is 0 Å². The molecule has 6 heteroatoms. The van der Waals surface area contributed by atoms with Crippen LogP contribution in [-0.2, 0) is 5.75 Å². The Bertz CT molecular complexity index is 405. The summed E-state index contributed by atoms with van der Waals surface area (Å²) in [5.74, 6) is 0.845. The van der Waals surface area contributed by atoms with Crippen molar-refractivity contribution in [3.63, 3.8) is 0 Å². The van der Waals surface area contributed by atoms with Gasteiger partial charge in [0.1, 0.15) is 10.7 Å². The van der Waals surface area contributed by atoms with Crippen molar-refractivity contribution in [1.29, 1.82) is 0 Å². The topological polar surface area (TPSA) is 38.7 Å². The largest absolute Gasteiger partial charge is 0.245 e. The zero-order valence-corrected chi connectivity index (χ0v) is 9.44. The maximum Gasteiger partial charge on any atom is 0.174 e. The summed E-state index contributed by atoms with van der Waals surface area (Å²) >= 11 is 8.95. The molecular weight excluding hydrogens is 238 g/mol. The summed E-state index contributed by atoms with van der Waals surface area (Å²) in [7, 11) is 0. The van der Waals surface area contributed by atoms with E-state index in [9.17, 15) is 0 Å². The number of rotatable bonds is 3. The second-order valence-corrected chi connectivity index (χ2v) is 4.92. The highest BCUT2D eigenvalue weighted by Gasteiger charge is 1.99. The van der Waals surface area contributed by atoms with Crippen molar-refractivity contribution in [1.82, 2.24) is 15.2 Å². The van der Waals surface area contributed by atoms with Gasteiger partial charge < -0.3 is 0 Å². The van der Waals surface area contributed by atoms with Gasteiger partial charge in [-0.25, -0.2) is 4.98 Å². The average Bonchev–Trinajstić information content (AvgIpc) is 2.67. The third kappa shape index (κ3) is 2.67. The molecule has 0 aliphatic rings. The SMILES string of the molecule is Clc1cc(CSc2nncs2)ccn1. The fourth-order valence-electron chi connectivity index (χ4n) is 0.903. The van der Waals surface area contributed by atoms with Gasteiger partial charge in [-0.2, -0.15) is 0 Å². The van der Waals surface area contributed by atoms with Crippen molar-refractivity contribution in [2.24, 2.45) is 0 Å². The molecule has 0 fully saturated rings. The molecule has 14 heavy (non-hydrogen) atoms. The van der Waals surface area contributed by atoms with Crippen LogP contribution in [0.5, 0.6) is 0 Å². The van der Waals surface area contributed by atoms with Crippen LogP contribution in [0.15, 0.2) is 28.2 Å². The zero-order valence-electron chi connectivity index (χ0n) is 7.05. The van der Waals surface area contributed by atoms with Gasteiger partial charge in [-0.15, -0.1) is 10.2 Å². The van der Waals surface area contributed by atoms with Crippen molar-refractivity contribution in [2.45, 2.75) is 10.1 Å². The molecule has 0 amide bonds. The second kappa shape index (κ2) is 4.72. The van der Waals surface area contributed by atoms with E-state index in [-0.39, 0.29) is 0 Å². The van der Waals surface area contributed by atoms with Gasteiger partial charge in [0.25, 0.3) is 0 Å². The molecule has 0 aromatic carbocycles. The van der Waals surface area contributed by atoms with E-state index in [0.717, 1.165) is 15.7 Å². The zero-order chi connectivity index (χ0) is 9.80. The van der Waals surface area contributed by atoms with E-state index in [1.165, 1.54) is 11.3 Å². The van der Waals surface area contributed by atoms with Crippen LogP contribution < -0.4 is 0 Å². The molecule has 0 bridgehead atoms. The summed E-state index contributed by atoms with van der Waals surface area (Å²) in [5.41, 5.74) is 2.87. The van der Waals surface area contributed by atoms with Crippen molar-refractivity contribution in [3.05, 3.63) is 34.6 Å². The lowest BCUT2D eigenvalue weighted by Gasteiger charge is -1.97. The van der Waals surface area contributed by atoms with Gasteiger partial charge in [-0.1, -0.05) is 34.7 Å². The molecule has 0 aliphatic carbocycles. The first-order valence-electron chi connectivity index (χ1n) is 3.84. The normalized spacial score (nSPS) is 10.4. The minimum absolute atomic E-state index is 0.528. The quantitative estimate of drug-likeness (QED) is 0.614. The summed E-state index contributed by atoms with van der Waals surface area (Å²) < 4.78 is 0.970. The molecule has 0 aliphatic heterocycles. The fraction of sp³-hybridized carbons (Fsp3) is 0.125. The summed E-state index contributed by atoms with van der Waals surface area (Å²) in [6, 6.07) is 3.80. The molecule has 2 heterocycles. The van der Waals surface area contributed by atoms with Crippen molar-refractivity contribution in [3.8, 4) is 0 Å². The number of halogens is 1. The van der Waals surface area contributed by atoms with Crippen LogP contribution in [0.4, 0.5) is 0 Å². The Morgan fingerprint density at radius 2 is 2.43 bits per heavy atom. The van der Waals surface area contributed by atoms with Gasteiger partial charge in [-0.05, 0) is 17.7 Å². The summed E-state index contributed by atoms with van der Waals surface area (Å²) in [4.78, 5) is 3.92. The Labute approximate surface area is 94.5 Å². The monoisotopic (exact) mass is 243 g/mol. The summed E-state index contributed by atoms with van der Waals surface area (Å²) in [6.45, 7) is 0. The van der Waals surface area contributed by atoms with Crippen LogP contribution in [0, 0.1) is 0 Å². The molecule has 0 N–H and O–H groups in total. The molecule has 0 spiro atoms. The number of aromatic nitrogens is 3. The first kappa shape index (κ1) is 9.89. The first-order valence-corrected chi connectivity index (χ1v) is 6.08. The Morgan fingerprint density at radius 1 is 1.50 bits per heavy atom. The van der Waals surface area contributed by atoms with Gasteiger partial charge in [0.15, 0.2) is 4.34 Å². The van der Waals surface area contributed by atoms with E-state index in [1.807, 2.05) is 12.1 Å². The fourth-order valence-corrected chi connectivity index (χ4v) is 2.53. The minimum atomic E-state index is 0.528. The van der Waals surface area contributed by atoms with E-state index in [0.29, 0.717) is 5.15 Å². The molecule has 0 atom stereocenters. The first-order chi connectivity index (χ1) is 6.84. The number of hydrogen-bond donors (Lipinski definition) is 0. The highest BCUT2D eigenvalue weighted by atomic mass is 35.5. The van der Waals surface area contributed by atoms with Gasteiger partial charge >= 0.3 is 0 Å². The van der Waals surface area contributed by atoms with E-state index >= 15 is 0 Å². The highest BCUT2D eigenvalue weighted by Crippen LogP contribution is 2.23. The van der Waals surface area contributed by atoms with Crippen molar-refractivity contribution < 1.29 is 0 Å². The predicted molar refractivity (Wildman–Crippen MR) is 58.7 cm³/mol. The lowest BCUT2D eigenvalue weighted by molar-refractivity contribution is 1.01. The Hall–Kier alpha value is -0.650. The highest BCUT2D eigenvalue weighted by molar-refractivity contribution is 8.00. The third-order valence-electron chi connectivity index (χ3n) is 1.49. The molecule has 0 radical (unpaired) electrons. The number of hydrogen-bond acceptors (Lipinski definition) is 5. The van der Waals surface area contributed by atoms with Crippen LogP contribution in [0.2, 0.25) is 5.15 Å². The lowest BCUT2D eigenvalue weighted by Crippen LogP contribution is -1.82. The molecular formula is C8H6ClN3S2. The Kier molecular flexibility index (Phi) is 3.34. The number of thioether (sulfide) groups is 1. The van der Waals surface area contributed by atoms with Crippen molar-refractivity contribution >= 4 is 34.7 Å². The number of nitrogens with zero attached hydrogens (tertiary/aromatic N) is 3. The lowest BCUT2D eigenvalue weighted by atomic mass is 10.3. The predicted octanol–water partition coefficient (Wildman–Crippen LogP) is 2.88. The van der Waals surface area contributed by atoms with Crippen LogP contribution in [0.25, 0.3) is 0 Å². The smallest absolute Gasteiger partial charge is 0.174 e. The molecule has 2 rings (SSSR count). The van der Waals surface area contributed by atoms with Crippen LogP contribution in [-0.4, -0.2) is 15.2 Å². The molecule has 0 saturated carbocycles. The third-order valence-corrected chi connectivity index (χ3v) is 3.63. The van der Waals surface area contributed by atoms with E-state index in [1.54, 1.807) is 23.5 Å². The molecule has 2 aromatic heterocycles. The molecule has 0 saturated heterocycles. The molecule has 0 unspecified atom stereocenters. The Morgan fingerprint density at radius 3 is 3.14 bits per heavy atom. The minimum Gasteiger partial charge on any atom is -0.245 e. The van der Waals surface area contributed by atoms with E-state index in [4.69, 9.17) is 11.6 Å². The number of pyridine rings is 1. The van der Waals surface area contributed by atoms with Crippen LogP contribution in [0.1, 0.15) is 5.56 Å². The maximum absolute atomic E-state index is 5.76. The van der Waals surface area contributed by atoms with E-state index in [2.05, 4.69) is 15.2 Å². The second-order valence-electron chi connectivity index (χ2n) is 2.48. The van der Waals surface area contributed by atoms with Crippen molar-refractivity contribution in [2.75, 3.05) is 0 Å². The van der Waals surface area contributed by atoms with Gasteiger partial charge in [-0.3, -0.25) is 0 Å². The van der Waals surface area contributed by atoms with Gasteiger partial charge in [0.05, 0.1) is 0 Å². The standard InChI is InChI=1S/C8H6ClN3S2/c9-7-3-6(1-2-10-7)4-13-8-12-11-5-14-8/h1-3,5H,4H2. The summed E-state index contributed by atoms with van der Waals surface area (Å²) in [5, 5.41) is 8.23. The van der Waals surface area contributed by atoms with Crippen LogP contribution >= 0.6 is 34.7 Å². The molecule has 72 valence electrons. The molecule has 3 nitrogen and oxygen atoms in total. The molecule has 2 aromatic rings. The Balaban J connectivity index is 1.98. The van der Waals surface area contributed by atoms with Crippen LogP contribution in [0.3, 0.4) is 0 Å². The average molecular weight is 244 g/mol. The van der Waals surface area contributed by atoms with Gasteiger partial charge in [0, 0.05) is 11.9 Å². The maximum atomic E-state index is 5.76. The van der Waals surface area contributed by atoms with Gasteiger partial charge in [0.2, 0.25) is 0 Å².